The van der Waals surface area contributed by atoms with E-state index >= 15 is 0 Å². The number of hydrogen-bond acceptors (Lipinski definition) is 0. The second-order valence-corrected chi connectivity index (χ2v) is 7.28. The van der Waals surface area contributed by atoms with Crippen molar-refractivity contribution in [2.75, 3.05) is 45.8 Å². The highest BCUT2D eigenvalue weighted by molar-refractivity contribution is 4.86. The van der Waals surface area contributed by atoms with E-state index in [4.69, 9.17) is 0 Å². The van der Waals surface area contributed by atoms with Gasteiger partial charge in [0.25, 0.3) is 0 Å². The molecule has 0 amide bonds. The van der Waals surface area contributed by atoms with Crippen LogP contribution in [0, 0.1) is 0 Å². The fourth-order valence-electron chi connectivity index (χ4n) is 3.92. The third kappa shape index (κ3) is 7.67. The summed E-state index contributed by atoms with van der Waals surface area (Å²) in [4.78, 5) is 0. The van der Waals surface area contributed by atoms with E-state index in [-0.39, 0.29) is 30.4 Å². The predicted octanol–water partition coefficient (Wildman–Crippen LogP) is -1.48. The maximum Gasteiger partial charge on any atom is 0.144 e. The third-order valence-corrected chi connectivity index (χ3v) is 4.99. The van der Waals surface area contributed by atoms with E-state index in [1.54, 1.807) is 0 Å². The van der Waals surface area contributed by atoms with E-state index in [1.165, 1.54) is 0 Å². The molecule has 0 rings (SSSR count). The Labute approximate surface area is 175 Å². The summed E-state index contributed by atoms with van der Waals surface area (Å²) in [6, 6.07) is 0. The molecule has 0 unspecified atom stereocenters. The first-order valence-electron chi connectivity index (χ1n) is 8.69. The minimum absolute atomic E-state index is 0. The first-order valence-corrected chi connectivity index (χ1v) is 8.69. The number of nitrogens with zero attached hydrogens (tertiary/aromatic N) is 2. The molecule has 0 aromatic carbocycles. The van der Waals surface area contributed by atoms with Crippen LogP contribution in [0.3, 0.4) is 0 Å². The van der Waals surface area contributed by atoms with Crippen molar-refractivity contribution in [2.45, 2.75) is 19.4 Å². The Kier molecular flexibility index (Phi) is 16.1. The Bertz CT molecular complexity index is 414. The van der Waals surface area contributed by atoms with Crippen molar-refractivity contribution >= 4 is 0 Å². The van der Waals surface area contributed by atoms with Crippen LogP contribution in [0.5, 0.6) is 0 Å². The molecule has 0 fully saturated rings. The van der Waals surface area contributed by atoms with Crippen molar-refractivity contribution in [3.05, 3.63) is 75.9 Å². The van der Waals surface area contributed by atoms with Gasteiger partial charge in [-0.2, -0.15) is 0 Å². The zero-order valence-corrected chi connectivity index (χ0v) is 18.3. The highest BCUT2D eigenvalue weighted by atomic mass is 35.5. The van der Waals surface area contributed by atoms with E-state index in [1.807, 2.05) is 36.5 Å². The van der Waals surface area contributed by atoms with Crippen LogP contribution in [0.25, 0.3) is 0 Å². The molecule has 0 aromatic heterocycles. The Balaban J connectivity index is -0.00000264. The zero-order chi connectivity index (χ0) is 18.7. The van der Waals surface area contributed by atoms with E-state index in [9.17, 15) is 0 Å². The third-order valence-electron chi connectivity index (χ3n) is 4.99. The van der Waals surface area contributed by atoms with Gasteiger partial charge in [-0.25, -0.2) is 0 Å². The molecule has 2 nitrogen and oxygen atoms in total. The maximum absolute atomic E-state index is 3.99. The summed E-state index contributed by atoms with van der Waals surface area (Å²) >= 11 is 0. The summed E-state index contributed by atoms with van der Waals surface area (Å²) in [6.45, 7) is 34.9. The summed E-state index contributed by atoms with van der Waals surface area (Å²) in [5, 5.41) is 0. The Morgan fingerprint density at radius 3 is 1.08 bits per heavy atom. The first-order chi connectivity index (χ1) is 11.3. The van der Waals surface area contributed by atoms with Crippen LogP contribution in [0.15, 0.2) is 75.9 Å². The fourth-order valence-corrected chi connectivity index (χ4v) is 3.92. The molecule has 0 N–H and O–H groups in total. The molecule has 0 aliphatic rings. The van der Waals surface area contributed by atoms with Gasteiger partial charge in [0.05, 0.1) is 39.3 Å². The molecular weight excluding hydrogens is 363 g/mol. The number of rotatable bonds is 15. The Hall–Kier alpha value is -1.06. The molecule has 0 bridgehead atoms. The van der Waals surface area contributed by atoms with Crippen LogP contribution in [0.2, 0.25) is 0 Å². The molecule has 0 saturated heterocycles. The molecule has 0 aliphatic carbocycles. The topological polar surface area (TPSA) is 0 Å². The van der Waals surface area contributed by atoms with E-state index in [0.29, 0.717) is 0 Å². The highest BCUT2D eigenvalue weighted by Gasteiger charge is 2.47. The van der Waals surface area contributed by atoms with E-state index in [2.05, 4.69) is 53.3 Å². The normalized spacial score (nSPS) is 11.3. The van der Waals surface area contributed by atoms with Gasteiger partial charge >= 0.3 is 0 Å². The SMILES string of the molecule is C=CC[N+](CC=C)(CC=C)CC(C)(C)[N+](CC=C)(CC=C)CC=C.[Cl-].[Cl-]. The molecule has 0 spiro atoms. The quantitative estimate of drug-likeness (QED) is 0.232. The summed E-state index contributed by atoms with van der Waals surface area (Å²) < 4.78 is 1.75. The molecule has 4 heteroatoms. The van der Waals surface area contributed by atoms with Crippen LogP contribution in [-0.4, -0.2) is 60.3 Å². The molecule has 26 heavy (non-hydrogen) atoms. The molecule has 0 aromatic rings. The standard InChI is InChI=1S/C22H38N2.2ClH/c1-9-15-23(16-10-2,17-11-3)21-22(7,8)24(18-12-4,19-13-5)20-14-6;;/h9-14H,1-6,15-21H2,7-8H3;2*1H/q+2;;/p-2. The fraction of sp³-hybridized carbons (Fsp3) is 0.455. The number of hydrogen-bond donors (Lipinski definition) is 0. The van der Waals surface area contributed by atoms with Crippen LogP contribution in [0.1, 0.15) is 13.8 Å². The van der Waals surface area contributed by atoms with Gasteiger partial charge in [0.2, 0.25) is 0 Å². The predicted molar refractivity (Wildman–Crippen MR) is 110 cm³/mol. The maximum atomic E-state index is 3.99. The average molecular weight is 401 g/mol. The minimum Gasteiger partial charge on any atom is -1.00 e. The summed E-state index contributed by atoms with van der Waals surface area (Å²) in [6.07, 6.45) is 12.1. The number of quaternary nitrogens is 2. The van der Waals surface area contributed by atoms with Gasteiger partial charge in [-0.05, 0) is 50.3 Å². The summed E-state index contributed by atoms with van der Waals surface area (Å²) in [5.41, 5.74) is 0.00556. The summed E-state index contributed by atoms with van der Waals surface area (Å²) in [5.74, 6) is 0. The van der Waals surface area contributed by atoms with Crippen LogP contribution < -0.4 is 24.8 Å². The van der Waals surface area contributed by atoms with Crippen molar-refractivity contribution in [3.8, 4) is 0 Å². The zero-order valence-electron chi connectivity index (χ0n) is 16.8. The van der Waals surface area contributed by atoms with E-state index < -0.39 is 0 Å². The van der Waals surface area contributed by atoms with E-state index in [0.717, 1.165) is 54.8 Å². The van der Waals surface area contributed by atoms with Crippen molar-refractivity contribution in [1.29, 1.82) is 0 Å². The van der Waals surface area contributed by atoms with Gasteiger partial charge in [-0.1, -0.05) is 39.5 Å². The summed E-state index contributed by atoms with van der Waals surface area (Å²) in [7, 11) is 0. The second-order valence-electron chi connectivity index (χ2n) is 7.28. The van der Waals surface area contributed by atoms with Crippen LogP contribution in [-0.2, 0) is 0 Å². The first kappa shape index (κ1) is 29.7. The van der Waals surface area contributed by atoms with Crippen molar-refractivity contribution in [3.63, 3.8) is 0 Å². The molecule has 0 aliphatic heterocycles. The molecule has 0 saturated carbocycles. The smallest absolute Gasteiger partial charge is 0.144 e. The van der Waals surface area contributed by atoms with Gasteiger partial charge in [-0.15, -0.1) is 0 Å². The van der Waals surface area contributed by atoms with Crippen molar-refractivity contribution in [2.24, 2.45) is 0 Å². The number of halogens is 2. The van der Waals surface area contributed by atoms with Gasteiger partial charge in [-0.3, -0.25) is 0 Å². The molecule has 0 radical (unpaired) electrons. The highest BCUT2D eigenvalue weighted by Crippen LogP contribution is 2.29. The largest absolute Gasteiger partial charge is 1.00 e. The van der Waals surface area contributed by atoms with Gasteiger partial charge < -0.3 is 33.8 Å². The lowest BCUT2D eigenvalue weighted by Crippen LogP contribution is -3.00. The molecular formula is C22H38Cl2N2. The molecule has 150 valence electrons. The van der Waals surface area contributed by atoms with Crippen LogP contribution >= 0.6 is 0 Å². The molecule has 0 heterocycles. The van der Waals surface area contributed by atoms with Gasteiger partial charge in [0, 0.05) is 0 Å². The lowest BCUT2D eigenvalue weighted by Gasteiger charge is -2.52. The van der Waals surface area contributed by atoms with Crippen LogP contribution in [0.4, 0.5) is 0 Å². The molecule has 0 atom stereocenters. The Morgan fingerprint density at radius 2 is 0.846 bits per heavy atom. The van der Waals surface area contributed by atoms with Crippen molar-refractivity contribution in [1.82, 2.24) is 0 Å². The van der Waals surface area contributed by atoms with Crippen molar-refractivity contribution < 1.29 is 33.8 Å². The monoisotopic (exact) mass is 400 g/mol. The Morgan fingerprint density at radius 1 is 0.577 bits per heavy atom. The lowest BCUT2D eigenvalue weighted by molar-refractivity contribution is -1.00. The minimum atomic E-state index is 0. The van der Waals surface area contributed by atoms with Gasteiger partial charge in [0.1, 0.15) is 12.1 Å². The average Bonchev–Trinajstić information content (AvgIpc) is 2.48. The van der Waals surface area contributed by atoms with Gasteiger partial charge in [0.15, 0.2) is 0 Å². The second kappa shape index (κ2) is 14.1. The lowest BCUT2D eigenvalue weighted by atomic mass is 9.94.